The molecule has 2 amide bonds. The highest BCUT2D eigenvalue weighted by Gasteiger charge is 2.36. The minimum atomic E-state index is -0.439. The second kappa shape index (κ2) is 9.89. The summed E-state index contributed by atoms with van der Waals surface area (Å²) in [6, 6.07) is 28.7. The number of carbonyl (C=O) groups excluding carboxylic acids is 2. The number of fused-ring (bicyclic) bond motifs is 1. The van der Waals surface area contributed by atoms with Gasteiger partial charge in [0, 0.05) is 18.7 Å². The molecule has 0 spiro atoms. The molecule has 6 heteroatoms. The molecule has 5 rings (SSSR count). The van der Waals surface area contributed by atoms with Gasteiger partial charge in [0.1, 0.15) is 17.2 Å². The second-order valence-electron chi connectivity index (χ2n) is 8.43. The Morgan fingerprint density at radius 1 is 0.914 bits per heavy atom. The number of hydrogen-bond donors (Lipinski definition) is 1. The number of carbonyl (C=O) groups is 2. The Morgan fingerprint density at radius 3 is 2.43 bits per heavy atom. The molecule has 176 valence electrons. The van der Waals surface area contributed by atoms with Gasteiger partial charge in [-0.3, -0.25) is 9.59 Å². The monoisotopic (exact) mass is 466 g/mol. The molecule has 35 heavy (non-hydrogen) atoms. The van der Waals surface area contributed by atoms with Gasteiger partial charge < -0.3 is 19.7 Å². The maximum Gasteiger partial charge on any atom is 0.229 e. The minimum absolute atomic E-state index is 0.0866. The number of amides is 2. The number of nitrogens with one attached hydrogen (secondary N) is 1. The highest BCUT2D eigenvalue weighted by molar-refractivity contribution is 6.04. The van der Waals surface area contributed by atoms with Crippen molar-refractivity contribution in [2.24, 2.45) is 5.92 Å². The predicted molar refractivity (Wildman–Crippen MR) is 137 cm³/mol. The van der Waals surface area contributed by atoms with Gasteiger partial charge in [0.2, 0.25) is 11.8 Å². The Balaban J connectivity index is 1.22. The van der Waals surface area contributed by atoms with Crippen molar-refractivity contribution < 1.29 is 19.1 Å². The molecular formula is C29H26N2O4. The van der Waals surface area contributed by atoms with E-state index in [2.05, 4.69) is 11.4 Å². The molecular weight excluding hydrogens is 440 g/mol. The van der Waals surface area contributed by atoms with Crippen LogP contribution in [0.15, 0.2) is 91.0 Å². The van der Waals surface area contributed by atoms with Gasteiger partial charge in [-0.1, -0.05) is 42.5 Å². The van der Waals surface area contributed by atoms with Crippen LogP contribution in [0.25, 0.3) is 10.8 Å². The Morgan fingerprint density at radius 2 is 1.63 bits per heavy atom. The van der Waals surface area contributed by atoms with Crippen molar-refractivity contribution in [2.75, 3.05) is 23.4 Å². The standard InChI is InChI=1S/C29H26N2O4/c1-2-34-27-10-6-5-9-26(27)31-19-22(18-28(31)32)29(33)30-23-12-15-24(16-13-23)35-25-14-11-20-7-3-4-8-21(20)17-25/h3-17,22H,2,18-19H2,1H3,(H,30,33)/t22-/m1/s1. The highest BCUT2D eigenvalue weighted by Crippen LogP contribution is 2.33. The summed E-state index contributed by atoms with van der Waals surface area (Å²) in [6.45, 7) is 2.72. The van der Waals surface area contributed by atoms with E-state index in [1.54, 1.807) is 17.0 Å². The van der Waals surface area contributed by atoms with Crippen molar-refractivity contribution in [3.63, 3.8) is 0 Å². The summed E-state index contributed by atoms with van der Waals surface area (Å²) in [5.74, 6) is 1.36. The molecule has 0 aliphatic carbocycles. The number of nitrogens with zero attached hydrogens (tertiary/aromatic N) is 1. The smallest absolute Gasteiger partial charge is 0.229 e. The van der Waals surface area contributed by atoms with E-state index in [4.69, 9.17) is 9.47 Å². The molecule has 1 atom stereocenters. The first-order chi connectivity index (χ1) is 17.1. The number of rotatable bonds is 7. The molecule has 4 aromatic rings. The van der Waals surface area contributed by atoms with Gasteiger partial charge in [-0.05, 0) is 66.2 Å². The average Bonchev–Trinajstić information content (AvgIpc) is 3.27. The van der Waals surface area contributed by atoms with Gasteiger partial charge in [-0.15, -0.1) is 0 Å². The fourth-order valence-corrected chi connectivity index (χ4v) is 4.29. The average molecular weight is 467 g/mol. The molecule has 0 radical (unpaired) electrons. The lowest BCUT2D eigenvalue weighted by molar-refractivity contribution is -0.122. The van der Waals surface area contributed by atoms with Crippen LogP contribution in [-0.2, 0) is 9.59 Å². The molecule has 0 bridgehead atoms. The Hall–Kier alpha value is -4.32. The van der Waals surface area contributed by atoms with Crippen LogP contribution in [0.4, 0.5) is 11.4 Å². The fraction of sp³-hybridized carbons (Fsp3) is 0.172. The molecule has 1 heterocycles. The van der Waals surface area contributed by atoms with Gasteiger partial charge in [0.05, 0.1) is 18.2 Å². The van der Waals surface area contributed by atoms with E-state index >= 15 is 0 Å². The highest BCUT2D eigenvalue weighted by atomic mass is 16.5. The van der Waals surface area contributed by atoms with Crippen molar-refractivity contribution >= 4 is 34.0 Å². The third-order valence-electron chi connectivity index (χ3n) is 6.03. The van der Waals surface area contributed by atoms with Gasteiger partial charge >= 0.3 is 0 Å². The molecule has 4 aromatic carbocycles. The van der Waals surface area contributed by atoms with Crippen molar-refractivity contribution in [1.82, 2.24) is 0 Å². The first kappa shape index (κ1) is 22.5. The second-order valence-corrected chi connectivity index (χ2v) is 8.43. The van der Waals surface area contributed by atoms with E-state index in [0.717, 1.165) is 16.5 Å². The lowest BCUT2D eigenvalue weighted by atomic mass is 10.1. The molecule has 0 aromatic heterocycles. The summed E-state index contributed by atoms with van der Waals surface area (Å²) in [6.07, 6.45) is 0.162. The largest absolute Gasteiger partial charge is 0.492 e. The van der Waals surface area contributed by atoms with Crippen LogP contribution in [-0.4, -0.2) is 25.0 Å². The first-order valence-electron chi connectivity index (χ1n) is 11.7. The lowest BCUT2D eigenvalue weighted by Crippen LogP contribution is -2.28. The molecule has 0 saturated carbocycles. The van der Waals surface area contributed by atoms with Crippen LogP contribution in [0, 0.1) is 5.92 Å². The van der Waals surface area contributed by atoms with E-state index in [1.807, 2.05) is 79.7 Å². The van der Waals surface area contributed by atoms with E-state index in [0.29, 0.717) is 36.0 Å². The molecule has 1 aliphatic heterocycles. The maximum absolute atomic E-state index is 12.9. The van der Waals surface area contributed by atoms with Crippen molar-refractivity contribution in [2.45, 2.75) is 13.3 Å². The lowest BCUT2D eigenvalue weighted by Gasteiger charge is -2.20. The third kappa shape index (κ3) is 4.96. The minimum Gasteiger partial charge on any atom is -0.492 e. The Kier molecular flexibility index (Phi) is 6.35. The van der Waals surface area contributed by atoms with Crippen molar-refractivity contribution in [3.05, 3.63) is 91.0 Å². The molecule has 0 unspecified atom stereocenters. The fourth-order valence-electron chi connectivity index (χ4n) is 4.29. The van der Waals surface area contributed by atoms with Crippen molar-refractivity contribution in [1.29, 1.82) is 0 Å². The number of ether oxygens (including phenoxy) is 2. The van der Waals surface area contributed by atoms with Gasteiger partial charge in [-0.2, -0.15) is 0 Å². The van der Waals surface area contributed by atoms with Crippen LogP contribution >= 0.6 is 0 Å². The number of para-hydroxylation sites is 2. The summed E-state index contributed by atoms with van der Waals surface area (Å²) >= 11 is 0. The van der Waals surface area contributed by atoms with E-state index in [-0.39, 0.29) is 18.2 Å². The number of hydrogen-bond acceptors (Lipinski definition) is 4. The van der Waals surface area contributed by atoms with E-state index < -0.39 is 5.92 Å². The van der Waals surface area contributed by atoms with E-state index in [9.17, 15) is 9.59 Å². The molecule has 1 aliphatic rings. The number of anilines is 2. The van der Waals surface area contributed by atoms with E-state index in [1.165, 1.54) is 0 Å². The summed E-state index contributed by atoms with van der Waals surface area (Å²) in [5.41, 5.74) is 1.35. The summed E-state index contributed by atoms with van der Waals surface area (Å²) in [5, 5.41) is 5.19. The van der Waals surface area contributed by atoms with Crippen LogP contribution in [0.1, 0.15) is 13.3 Å². The normalized spacial score (nSPS) is 15.3. The zero-order valence-electron chi connectivity index (χ0n) is 19.4. The maximum atomic E-state index is 12.9. The zero-order valence-corrected chi connectivity index (χ0v) is 19.4. The molecule has 1 N–H and O–H groups in total. The number of benzene rings is 4. The zero-order chi connectivity index (χ0) is 24.2. The van der Waals surface area contributed by atoms with Gasteiger partial charge in [0.25, 0.3) is 0 Å². The van der Waals surface area contributed by atoms with Crippen LogP contribution in [0.2, 0.25) is 0 Å². The summed E-state index contributed by atoms with van der Waals surface area (Å²) in [7, 11) is 0. The Labute approximate surface area is 204 Å². The van der Waals surface area contributed by atoms with Crippen molar-refractivity contribution in [3.8, 4) is 17.2 Å². The Bertz CT molecular complexity index is 1370. The SMILES string of the molecule is CCOc1ccccc1N1C[C@H](C(=O)Nc2ccc(Oc3ccc4ccccc4c3)cc2)CC1=O. The van der Waals surface area contributed by atoms with Crippen LogP contribution in [0.5, 0.6) is 17.2 Å². The van der Waals surface area contributed by atoms with Gasteiger partial charge in [-0.25, -0.2) is 0 Å². The third-order valence-corrected chi connectivity index (χ3v) is 6.03. The van der Waals surface area contributed by atoms with Gasteiger partial charge in [0.15, 0.2) is 0 Å². The van der Waals surface area contributed by atoms with Crippen LogP contribution < -0.4 is 19.7 Å². The first-order valence-corrected chi connectivity index (χ1v) is 11.7. The molecule has 1 fully saturated rings. The molecule has 1 saturated heterocycles. The van der Waals surface area contributed by atoms with Crippen LogP contribution in [0.3, 0.4) is 0 Å². The summed E-state index contributed by atoms with van der Waals surface area (Å²) < 4.78 is 11.6. The molecule has 6 nitrogen and oxygen atoms in total. The summed E-state index contributed by atoms with van der Waals surface area (Å²) in [4.78, 5) is 27.2. The predicted octanol–water partition coefficient (Wildman–Crippen LogP) is 6.02. The quantitative estimate of drug-likeness (QED) is 0.362. The topological polar surface area (TPSA) is 67.9 Å².